The molecule has 1 aliphatic carbocycles. The number of nitrogens with zero attached hydrogens (tertiary/aromatic N) is 1. The van der Waals surface area contributed by atoms with Gasteiger partial charge in [-0.25, -0.2) is 4.79 Å². The van der Waals surface area contributed by atoms with E-state index in [9.17, 15) is 14.4 Å². The summed E-state index contributed by atoms with van der Waals surface area (Å²) in [5.41, 5.74) is 0. The van der Waals surface area contributed by atoms with Gasteiger partial charge in [-0.3, -0.25) is 9.59 Å². The molecule has 1 saturated heterocycles. The van der Waals surface area contributed by atoms with E-state index >= 15 is 0 Å². The van der Waals surface area contributed by atoms with Crippen molar-refractivity contribution in [2.75, 3.05) is 20.2 Å². The molecule has 7 nitrogen and oxygen atoms in total. The normalized spacial score (nSPS) is 29.8. The molecule has 0 spiro atoms. The van der Waals surface area contributed by atoms with Crippen LogP contribution in [0.25, 0.3) is 0 Å². The molecular formula is C11H16N2O5. The highest BCUT2D eigenvalue weighted by molar-refractivity contribution is 5.89. The molecule has 1 heterocycles. The first-order valence-electron chi connectivity index (χ1n) is 5.89. The van der Waals surface area contributed by atoms with Gasteiger partial charge in [0.2, 0.25) is 5.91 Å². The largest absolute Gasteiger partial charge is 0.481 e. The van der Waals surface area contributed by atoms with E-state index in [0.29, 0.717) is 25.9 Å². The maximum Gasteiger partial charge on any atom is 0.407 e. The quantitative estimate of drug-likeness (QED) is 0.720. The molecule has 1 saturated carbocycles. The van der Waals surface area contributed by atoms with Gasteiger partial charge in [-0.05, 0) is 12.8 Å². The highest BCUT2D eigenvalue weighted by Gasteiger charge is 2.50. The van der Waals surface area contributed by atoms with Gasteiger partial charge in [0, 0.05) is 13.1 Å². The highest BCUT2D eigenvalue weighted by Crippen LogP contribution is 2.40. The summed E-state index contributed by atoms with van der Waals surface area (Å²) in [6.45, 7) is 0.979. The van der Waals surface area contributed by atoms with Crippen LogP contribution < -0.4 is 5.32 Å². The molecule has 0 bridgehead atoms. The van der Waals surface area contributed by atoms with Crippen LogP contribution in [0.1, 0.15) is 12.8 Å². The number of carbonyl (C=O) groups excluding carboxylic acids is 2. The van der Waals surface area contributed by atoms with Crippen molar-refractivity contribution in [2.45, 2.75) is 18.9 Å². The van der Waals surface area contributed by atoms with Crippen LogP contribution in [-0.4, -0.2) is 54.2 Å². The van der Waals surface area contributed by atoms with Crippen LogP contribution in [0, 0.1) is 11.8 Å². The molecular weight excluding hydrogens is 240 g/mol. The molecule has 2 amide bonds. The van der Waals surface area contributed by atoms with E-state index in [1.54, 1.807) is 4.90 Å². The van der Waals surface area contributed by atoms with Crippen LogP contribution in [0.3, 0.4) is 0 Å². The second kappa shape index (κ2) is 4.83. The monoisotopic (exact) mass is 256 g/mol. The first kappa shape index (κ1) is 12.7. The summed E-state index contributed by atoms with van der Waals surface area (Å²) in [4.78, 5) is 35.3. The third-order valence-corrected chi connectivity index (χ3v) is 3.43. The van der Waals surface area contributed by atoms with E-state index in [4.69, 9.17) is 5.11 Å². The predicted octanol–water partition coefficient (Wildman–Crippen LogP) is -0.336. The van der Waals surface area contributed by atoms with Gasteiger partial charge in [-0.1, -0.05) is 0 Å². The molecule has 2 fully saturated rings. The smallest absolute Gasteiger partial charge is 0.407 e. The fraction of sp³-hybridized carbons (Fsp3) is 0.727. The second-order valence-electron chi connectivity index (χ2n) is 4.69. The summed E-state index contributed by atoms with van der Waals surface area (Å²) < 4.78 is 4.48. The Morgan fingerprint density at radius 2 is 2.06 bits per heavy atom. The molecule has 0 aromatic carbocycles. The van der Waals surface area contributed by atoms with Crippen LogP contribution in [0.15, 0.2) is 0 Å². The van der Waals surface area contributed by atoms with Crippen LogP contribution in [0.4, 0.5) is 4.79 Å². The zero-order valence-electron chi connectivity index (χ0n) is 10.1. The Bertz CT molecular complexity index is 384. The van der Waals surface area contributed by atoms with Crippen molar-refractivity contribution in [3.8, 4) is 0 Å². The number of nitrogens with one attached hydrogen (secondary N) is 1. The summed E-state index contributed by atoms with van der Waals surface area (Å²) in [5, 5.41) is 11.4. The Balaban J connectivity index is 1.81. The van der Waals surface area contributed by atoms with Gasteiger partial charge in [-0.15, -0.1) is 0 Å². The van der Waals surface area contributed by atoms with Crippen LogP contribution in [0.2, 0.25) is 0 Å². The Hall–Kier alpha value is -1.79. The van der Waals surface area contributed by atoms with Crippen molar-refractivity contribution in [3.63, 3.8) is 0 Å². The van der Waals surface area contributed by atoms with Crippen molar-refractivity contribution in [2.24, 2.45) is 11.8 Å². The minimum atomic E-state index is -0.906. The molecule has 0 aromatic rings. The van der Waals surface area contributed by atoms with Crippen molar-refractivity contribution in [1.29, 1.82) is 0 Å². The van der Waals surface area contributed by atoms with E-state index in [2.05, 4.69) is 10.1 Å². The van der Waals surface area contributed by atoms with E-state index < -0.39 is 18.0 Å². The number of amides is 2. The van der Waals surface area contributed by atoms with Crippen LogP contribution >= 0.6 is 0 Å². The lowest BCUT2D eigenvalue weighted by molar-refractivity contribution is -0.141. The SMILES string of the molecule is COC(=O)NC1CCN(C(=O)[C@@H]2C[C@@H]2C(=O)O)C1. The summed E-state index contributed by atoms with van der Waals surface area (Å²) >= 11 is 0. The van der Waals surface area contributed by atoms with E-state index in [1.807, 2.05) is 0 Å². The average molecular weight is 256 g/mol. The van der Waals surface area contributed by atoms with Gasteiger partial charge in [0.05, 0.1) is 25.0 Å². The molecule has 2 N–H and O–H groups in total. The summed E-state index contributed by atoms with van der Waals surface area (Å²) in [7, 11) is 1.29. The highest BCUT2D eigenvalue weighted by atomic mass is 16.5. The number of rotatable bonds is 3. The van der Waals surface area contributed by atoms with Crippen molar-refractivity contribution in [3.05, 3.63) is 0 Å². The standard InChI is InChI=1S/C11H16N2O5/c1-18-11(17)12-6-2-3-13(5-6)9(14)7-4-8(7)10(15)16/h6-8H,2-5H2,1H3,(H,12,17)(H,15,16)/t6?,7-,8+/m1/s1. The van der Waals surface area contributed by atoms with Gasteiger partial charge in [0.25, 0.3) is 0 Å². The van der Waals surface area contributed by atoms with Crippen molar-refractivity contribution < 1.29 is 24.2 Å². The molecule has 1 aliphatic heterocycles. The first-order chi connectivity index (χ1) is 8.52. The minimum Gasteiger partial charge on any atom is -0.481 e. The fourth-order valence-corrected chi connectivity index (χ4v) is 2.28. The van der Waals surface area contributed by atoms with Gasteiger partial charge < -0.3 is 20.1 Å². The first-order valence-corrected chi connectivity index (χ1v) is 5.89. The summed E-state index contributed by atoms with van der Waals surface area (Å²) in [6.07, 6.45) is 0.592. The molecule has 1 unspecified atom stereocenters. The fourth-order valence-electron chi connectivity index (χ4n) is 2.28. The average Bonchev–Trinajstić information content (AvgIpc) is 3.02. The lowest BCUT2D eigenvalue weighted by atomic mass is 10.3. The van der Waals surface area contributed by atoms with Crippen molar-refractivity contribution in [1.82, 2.24) is 10.2 Å². The number of hydrogen-bond donors (Lipinski definition) is 2. The van der Waals surface area contributed by atoms with E-state index in [1.165, 1.54) is 7.11 Å². The number of carboxylic acids is 1. The lowest BCUT2D eigenvalue weighted by Crippen LogP contribution is -2.39. The Morgan fingerprint density at radius 3 is 2.61 bits per heavy atom. The summed E-state index contributed by atoms with van der Waals surface area (Å²) in [5.74, 6) is -1.92. The number of carbonyl (C=O) groups is 3. The zero-order chi connectivity index (χ0) is 13.3. The number of likely N-dealkylation sites (tertiary alicyclic amines) is 1. The molecule has 7 heteroatoms. The minimum absolute atomic E-state index is 0.108. The van der Waals surface area contributed by atoms with Gasteiger partial charge >= 0.3 is 12.1 Å². The topological polar surface area (TPSA) is 95.9 Å². The molecule has 0 aromatic heterocycles. The van der Waals surface area contributed by atoms with Crippen LogP contribution in [-0.2, 0) is 14.3 Å². The second-order valence-corrected chi connectivity index (χ2v) is 4.69. The Kier molecular flexibility index (Phi) is 3.40. The van der Waals surface area contributed by atoms with Crippen LogP contribution in [0.5, 0.6) is 0 Å². The Morgan fingerprint density at radius 1 is 1.33 bits per heavy atom. The van der Waals surface area contributed by atoms with E-state index in [-0.39, 0.29) is 17.9 Å². The van der Waals surface area contributed by atoms with Crippen molar-refractivity contribution >= 4 is 18.0 Å². The summed E-state index contributed by atoms with van der Waals surface area (Å²) in [6, 6.07) is -0.108. The maximum absolute atomic E-state index is 11.9. The molecule has 2 rings (SSSR count). The number of methoxy groups -OCH3 is 1. The van der Waals surface area contributed by atoms with Gasteiger partial charge in [0.15, 0.2) is 0 Å². The number of hydrogen-bond acceptors (Lipinski definition) is 4. The number of carboxylic acid groups (broad SMARTS) is 1. The molecule has 18 heavy (non-hydrogen) atoms. The number of alkyl carbamates (subject to hydrolysis) is 1. The number of ether oxygens (including phenoxy) is 1. The van der Waals surface area contributed by atoms with E-state index in [0.717, 1.165) is 0 Å². The Labute approximate surface area is 104 Å². The lowest BCUT2D eigenvalue weighted by Gasteiger charge is -2.16. The van der Waals surface area contributed by atoms with Gasteiger partial charge in [0.1, 0.15) is 0 Å². The molecule has 3 atom stereocenters. The molecule has 2 aliphatic rings. The third kappa shape index (κ3) is 2.55. The number of aliphatic carboxylic acids is 1. The zero-order valence-corrected chi connectivity index (χ0v) is 10.1. The molecule has 100 valence electrons. The maximum atomic E-state index is 11.9. The van der Waals surface area contributed by atoms with Gasteiger partial charge in [-0.2, -0.15) is 0 Å². The predicted molar refractivity (Wildman–Crippen MR) is 59.8 cm³/mol. The molecule has 0 radical (unpaired) electrons. The third-order valence-electron chi connectivity index (χ3n) is 3.43.